The van der Waals surface area contributed by atoms with E-state index in [0.29, 0.717) is 18.4 Å². The minimum atomic E-state index is -4.54. The number of anilines is 1. The van der Waals surface area contributed by atoms with Crippen LogP contribution in [0.3, 0.4) is 0 Å². The van der Waals surface area contributed by atoms with Gasteiger partial charge in [0.2, 0.25) is 5.95 Å². The molecule has 0 unspecified atom stereocenters. The summed E-state index contributed by atoms with van der Waals surface area (Å²) in [6.07, 6.45) is -2.87. The third kappa shape index (κ3) is 3.19. The van der Waals surface area contributed by atoms with Crippen molar-refractivity contribution in [3.05, 3.63) is 65.1 Å². The monoisotopic (exact) mass is 489 g/mol. The van der Waals surface area contributed by atoms with Gasteiger partial charge < -0.3 is 15.4 Å². The number of rotatable bonds is 1. The fourth-order valence-electron chi connectivity index (χ4n) is 4.97. The van der Waals surface area contributed by atoms with Gasteiger partial charge in [-0.15, -0.1) is 0 Å². The Kier molecular flexibility index (Phi) is 4.48. The quantitative estimate of drug-likeness (QED) is 0.398. The fraction of sp³-hybridized carbons (Fsp3) is 0.261. The van der Waals surface area contributed by atoms with E-state index in [4.69, 9.17) is 10.5 Å². The molecule has 6 rings (SSSR count). The first-order chi connectivity index (χ1) is 16.6. The molecular formula is C23H16F5N5O2. The fourth-order valence-corrected chi connectivity index (χ4v) is 4.97. The maximum absolute atomic E-state index is 15.1. The van der Waals surface area contributed by atoms with E-state index in [0.717, 1.165) is 24.5 Å². The SMILES string of the molecule is Nc1nc2cc(F)c(C(=O)N3CCC[C@@H]4Oc5cc(C(F)(F)F)ccc5[C@@H]43)cc2n2cnc(F)c12. The maximum Gasteiger partial charge on any atom is 0.416 e. The number of amides is 1. The number of nitrogen functional groups attached to an aromatic ring is 1. The molecule has 1 fully saturated rings. The molecule has 0 aliphatic carbocycles. The molecular weight excluding hydrogens is 473 g/mol. The van der Waals surface area contributed by atoms with E-state index in [1.807, 2.05) is 0 Å². The highest BCUT2D eigenvalue weighted by Gasteiger charge is 2.44. The lowest BCUT2D eigenvalue weighted by atomic mass is 9.93. The second-order valence-corrected chi connectivity index (χ2v) is 8.56. The van der Waals surface area contributed by atoms with Crippen LogP contribution in [0.15, 0.2) is 36.7 Å². The van der Waals surface area contributed by atoms with Crippen LogP contribution in [0.1, 0.15) is 40.4 Å². The molecule has 12 heteroatoms. The lowest BCUT2D eigenvalue weighted by Gasteiger charge is -2.36. The van der Waals surface area contributed by atoms with Crippen LogP contribution in [0.25, 0.3) is 16.6 Å². The van der Waals surface area contributed by atoms with Crippen molar-refractivity contribution in [1.29, 1.82) is 0 Å². The van der Waals surface area contributed by atoms with Crippen molar-refractivity contribution in [3.8, 4) is 5.75 Å². The van der Waals surface area contributed by atoms with E-state index in [2.05, 4.69) is 9.97 Å². The molecule has 180 valence electrons. The van der Waals surface area contributed by atoms with Gasteiger partial charge in [-0.2, -0.15) is 17.6 Å². The number of halogens is 5. The molecule has 0 bridgehead atoms. The topological polar surface area (TPSA) is 85.8 Å². The van der Waals surface area contributed by atoms with Crippen molar-refractivity contribution in [1.82, 2.24) is 19.3 Å². The van der Waals surface area contributed by atoms with E-state index >= 15 is 4.39 Å². The van der Waals surface area contributed by atoms with Crippen molar-refractivity contribution < 1.29 is 31.5 Å². The Hall–Kier alpha value is -3.96. The molecule has 0 spiro atoms. The summed E-state index contributed by atoms with van der Waals surface area (Å²) in [6, 6.07) is 4.79. The highest BCUT2D eigenvalue weighted by atomic mass is 19.4. The summed E-state index contributed by atoms with van der Waals surface area (Å²) in [6.45, 7) is 0.260. The number of piperidine rings is 1. The van der Waals surface area contributed by atoms with Gasteiger partial charge in [-0.3, -0.25) is 9.20 Å². The normalized spacial score (nSPS) is 19.6. The molecule has 0 radical (unpaired) electrons. The number of hydrogen-bond donors (Lipinski definition) is 1. The second-order valence-electron chi connectivity index (χ2n) is 8.56. The second kappa shape index (κ2) is 7.27. The van der Waals surface area contributed by atoms with Crippen molar-refractivity contribution in [2.45, 2.75) is 31.2 Å². The van der Waals surface area contributed by atoms with Gasteiger partial charge in [0, 0.05) is 18.2 Å². The molecule has 4 heterocycles. The van der Waals surface area contributed by atoms with Crippen molar-refractivity contribution in [3.63, 3.8) is 0 Å². The first-order valence-corrected chi connectivity index (χ1v) is 10.7. The van der Waals surface area contributed by atoms with E-state index < -0.39 is 41.6 Å². The summed E-state index contributed by atoms with van der Waals surface area (Å²) in [4.78, 5) is 22.6. The van der Waals surface area contributed by atoms with Crippen molar-refractivity contribution in [2.75, 3.05) is 12.3 Å². The number of nitrogens with two attached hydrogens (primary N) is 1. The van der Waals surface area contributed by atoms with Gasteiger partial charge in [-0.1, -0.05) is 6.07 Å². The summed E-state index contributed by atoms with van der Waals surface area (Å²) in [7, 11) is 0. The summed E-state index contributed by atoms with van der Waals surface area (Å²) in [5.74, 6) is -2.50. The van der Waals surface area contributed by atoms with Gasteiger partial charge in [0.05, 0.1) is 28.2 Å². The largest absolute Gasteiger partial charge is 0.488 e. The van der Waals surface area contributed by atoms with E-state index in [1.54, 1.807) is 0 Å². The highest BCUT2D eigenvalue weighted by Crippen LogP contribution is 2.47. The zero-order valence-corrected chi connectivity index (χ0v) is 17.8. The Morgan fingerprint density at radius 1 is 1.17 bits per heavy atom. The van der Waals surface area contributed by atoms with Gasteiger partial charge in [0.15, 0.2) is 5.82 Å². The van der Waals surface area contributed by atoms with Crippen LogP contribution in [0.2, 0.25) is 0 Å². The molecule has 0 saturated carbocycles. The Balaban J connectivity index is 1.44. The molecule has 4 aromatic rings. The van der Waals surface area contributed by atoms with E-state index in [1.165, 1.54) is 21.4 Å². The minimum Gasteiger partial charge on any atom is -0.488 e. The molecule has 2 aromatic carbocycles. The number of carbonyl (C=O) groups is 1. The Labute approximate surface area is 193 Å². The number of nitrogens with zero attached hydrogens (tertiary/aromatic N) is 4. The number of benzene rings is 2. The molecule has 2 aromatic heterocycles. The molecule has 35 heavy (non-hydrogen) atoms. The van der Waals surface area contributed by atoms with Gasteiger partial charge in [0.1, 0.15) is 29.5 Å². The van der Waals surface area contributed by atoms with Crippen LogP contribution in [0, 0.1) is 11.8 Å². The molecule has 2 N–H and O–H groups in total. The molecule has 1 saturated heterocycles. The van der Waals surface area contributed by atoms with Gasteiger partial charge in [-0.05, 0) is 31.0 Å². The average Bonchev–Trinajstić information content (AvgIpc) is 3.38. The van der Waals surface area contributed by atoms with Crippen molar-refractivity contribution >= 4 is 28.3 Å². The number of ether oxygens (including phenoxy) is 1. The van der Waals surface area contributed by atoms with E-state index in [9.17, 15) is 22.4 Å². The minimum absolute atomic E-state index is 0.0591. The number of aromatic nitrogens is 3. The van der Waals surface area contributed by atoms with Gasteiger partial charge in [-0.25, -0.2) is 14.4 Å². The average molecular weight is 489 g/mol. The van der Waals surface area contributed by atoms with E-state index in [-0.39, 0.29) is 40.2 Å². The maximum atomic E-state index is 15.1. The van der Waals surface area contributed by atoms with Crippen LogP contribution in [0.4, 0.5) is 27.8 Å². The number of imidazole rings is 1. The summed E-state index contributed by atoms with van der Waals surface area (Å²) < 4.78 is 75.7. The zero-order valence-electron chi connectivity index (χ0n) is 17.8. The Bertz CT molecular complexity index is 1530. The first-order valence-electron chi connectivity index (χ1n) is 10.7. The molecule has 1 amide bonds. The Morgan fingerprint density at radius 3 is 2.74 bits per heavy atom. The third-order valence-corrected chi connectivity index (χ3v) is 6.53. The molecule has 2 atom stereocenters. The summed E-state index contributed by atoms with van der Waals surface area (Å²) in [5.41, 5.74) is 5.30. The lowest BCUT2D eigenvalue weighted by molar-refractivity contribution is -0.137. The third-order valence-electron chi connectivity index (χ3n) is 6.53. The summed E-state index contributed by atoms with van der Waals surface area (Å²) in [5, 5.41) is 0. The standard InChI is InChI=1S/C23H16F5N5O2/c24-13-8-14-15(33-9-30-20(25)19(33)21(29)31-14)7-12(13)22(34)32-5-1-2-16-18(32)11-4-3-10(23(26,27)28)6-17(11)35-16/h3-4,6-9,16,18H,1-2,5H2,(H2,29,31)/t16-,18-/m0/s1. The highest BCUT2D eigenvalue weighted by molar-refractivity contribution is 5.99. The van der Waals surface area contributed by atoms with Crippen LogP contribution >= 0.6 is 0 Å². The van der Waals surface area contributed by atoms with Crippen molar-refractivity contribution in [2.24, 2.45) is 0 Å². The van der Waals surface area contributed by atoms with Crippen LogP contribution in [-0.4, -0.2) is 37.8 Å². The summed E-state index contributed by atoms with van der Waals surface area (Å²) >= 11 is 0. The lowest BCUT2D eigenvalue weighted by Crippen LogP contribution is -2.44. The number of fused-ring (bicyclic) bond motifs is 6. The van der Waals surface area contributed by atoms with Crippen LogP contribution in [-0.2, 0) is 6.18 Å². The predicted octanol–water partition coefficient (Wildman–Crippen LogP) is 4.50. The number of likely N-dealkylation sites (tertiary alicyclic amines) is 1. The van der Waals surface area contributed by atoms with Gasteiger partial charge in [0.25, 0.3) is 5.91 Å². The smallest absolute Gasteiger partial charge is 0.416 e. The van der Waals surface area contributed by atoms with Gasteiger partial charge >= 0.3 is 6.18 Å². The Morgan fingerprint density at radius 2 is 1.97 bits per heavy atom. The van der Waals surface area contributed by atoms with Crippen LogP contribution < -0.4 is 10.5 Å². The number of alkyl halides is 3. The number of carbonyl (C=O) groups excluding carboxylic acids is 1. The predicted molar refractivity (Wildman–Crippen MR) is 114 cm³/mol. The molecule has 2 aliphatic heterocycles. The zero-order chi connectivity index (χ0) is 24.6. The molecule has 7 nitrogen and oxygen atoms in total. The van der Waals surface area contributed by atoms with Crippen LogP contribution in [0.5, 0.6) is 5.75 Å². The first kappa shape index (κ1) is 21.6. The molecule has 2 aliphatic rings. The number of hydrogen-bond acceptors (Lipinski definition) is 5.